The molecule has 0 spiro atoms. The fraction of sp³-hybridized carbons (Fsp3) is 0.545. The lowest BCUT2D eigenvalue weighted by atomic mass is 9.92. The van der Waals surface area contributed by atoms with Gasteiger partial charge in [-0.15, -0.1) is 0 Å². The molecule has 0 N–H and O–H groups in total. The van der Waals surface area contributed by atoms with Crippen LogP contribution in [0, 0.1) is 0 Å². The maximum atomic E-state index is 12.4. The molecule has 0 amide bonds. The number of nitrogens with zero attached hydrogens (tertiary/aromatic N) is 1. The Labute approximate surface area is 185 Å². The summed E-state index contributed by atoms with van der Waals surface area (Å²) < 4.78 is 27.0. The van der Waals surface area contributed by atoms with Crippen LogP contribution in [-0.2, 0) is 44.7 Å². The van der Waals surface area contributed by atoms with Crippen molar-refractivity contribution in [1.29, 1.82) is 0 Å². The fourth-order valence-corrected chi connectivity index (χ4v) is 4.20. The van der Waals surface area contributed by atoms with E-state index in [1.807, 2.05) is 23.1 Å². The van der Waals surface area contributed by atoms with Crippen LogP contribution in [0.4, 0.5) is 4.79 Å². The number of carbonyl (C=O) groups is 4. The van der Waals surface area contributed by atoms with E-state index in [0.29, 0.717) is 13.0 Å². The zero-order valence-electron chi connectivity index (χ0n) is 18.2. The summed E-state index contributed by atoms with van der Waals surface area (Å²) in [7, 11) is 0. The summed E-state index contributed by atoms with van der Waals surface area (Å²) in [6.07, 6.45) is -4.02. The van der Waals surface area contributed by atoms with Gasteiger partial charge in [0.2, 0.25) is 0 Å². The molecule has 5 atom stereocenters. The maximum Gasteiger partial charge on any atom is 0.509 e. The zero-order valence-corrected chi connectivity index (χ0v) is 18.2. The lowest BCUT2D eigenvalue weighted by molar-refractivity contribution is -0.201. The van der Waals surface area contributed by atoms with Crippen LogP contribution < -0.4 is 0 Å². The topological polar surface area (TPSA) is 118 Å². The second-order valence-electron chi connectivity index (χ2n) is 7.75. The Morgan fingerprint density at radius 3 is 2.09 bits per heavy atom. The smallest absolute Gasteiger partial charge is 0.461 e. The van der Waals surface area contributed by atoms with Crippen LogP contribution in [0.2, 0.25) is 0 Å². The first-order valence-corrected chi connectivity index (χ1v) is 10.4. The molecule has 10 nitrogen and oxygen atoms in total. The van der Waals surface area contributed by atoms with Crippen molar-refractivity contribution < 1.29 is 42.9 Å². The second kappa shape index (κ2) is 10.4. The van der Waals surface area contributed by atoms with Gasteiger partial charge in [0, 0.05) is 33.9 Å². The Bertz CT molecular complexity index is 843. The van der Waals surface area contributed by atoms with E-state index in [1.165, 1.54) is 20.8 Å². The average molecular weight is 449 g/mol. The molecule has 1 aromatic carbocycles. The lowest BCUT2D eigenvalue weighted by Gasteiger charge is -2.45. The van der Waals surface area contributed by atoms with Crippen molar-refractivity contribution in [2.75, 3.05) is 13.1 Å². The molecule has 2 fully saturated rings. The molecule has 3 rings (SSSR count). The number of fused-ring (bicyclic) bond motifs is 1. The lowest BCUT2D eigenvalue weighted by Crippen LogP contribution is -2.64. The molecule has 10 heteroatoms. The highest BCUT2D eigenvalue weighted by Crippen LogP contribution is 2.34. The van der Waals surface area contributed by atoms with E-state index in [4.69, 9.17) is 23.7 Å². The van der Waals surface area contributed by atoms with Gasteiger partial charge < -0.3 is 23.7 Å². The van der Waals surface area contributed by atoms with E-state index in [0.717, 1.165) is 5.56 Å². The molecular weight excluding hydrogens is 422 g/mol. The molecule has 2 saturated heterocycles. The van der Waals surface area contributed by atoms with Crippen LogP contribution in [0.15, 0.2) is 30.3 Å². The number of piperidine rings is 1. The molecule has 0 bridgehead atoms. The summed E-state index contributed by atoms with van der Waals surface area (Å²) in [5.74, 6) is -1.70. The highest BCUT2D eigenvalue weighted by molar-refractivity contribution is 5.68. The van der Waals surface area contributed by atoms with Crippen molar-refractivity contribution >= 4 is 24.1 Å². The second-order valence-corrected chi connectivity index (χ2v) is 7.75. The SMILES string of the molecule is CC(=O)O[C@H]1[C@H](OC(C)=O)[C@@H](OC(=O)OCc2ccccc2)CN2CC[C@H](OC(C)=O)[C@H]12. The first-order chi connectivity index (χ1) is 15.2. The minimum absolute atomic E-state index is 0.0128. The molecule has 0 unspecified atom stereocenters. The van der Waals surface area contributed by atoms with Crippen LogP contribution in [0.1, 0.15) is 32.8 Å². The van der Waals surface area contributed by atoms with Crippen molar-refractivity contribution in [3.05, 3.63) is 35.9 Å². The average Bonchev–Trinajstić information content (AvgIpc) is 3.10. The predicted molar refractivity (Wildman–Crippen MR) is 108 cm³/mol. The third-order valence-corrected chi connectivity index (χ3v) is 5.31. The van der Waals surface area contributed by atoms with Crippen LogP contribution in [0.25, 0.3) is 0 Å². The van der Waals surface area contributed by atoms with Gasteiger partial charge in [-0.25, -0.2) is 4.79 Å². The monoisotopic (exact) mass is 449 g/mol. The summed E-state index contributed by atoms with van der Waals surface area (Å²) >= 11 is 0. The maximum absolute atomic E-state index is 12.4. The number of hydrogen-bond donors (Lipinski definition) is 0. The Balaban J connectivity index is 1.77. The van der Waals surface area contributed by atoms with Crippen LogP contribution >= 0.6 is 0 Å². The first-order valence-electron chi connectivity index (χ1n) is 10.4. The Hall–Kier alpha value is -3.14. The summed E-state index contributed by atoms with van der Waals surface area (Å²) in [4.78, 5) is 49.4. The Kier molecular flexibility index (Phi) is 7.68. The summed E-state index contributed by atoms with van der Waals surface area (Å²) in [6, 6.07) is 8.55. The highest BCUT2D eigenvalue weighted by atomic mass is 16.7. The van der Waals surface area contributed by atoms with Crippen molar-refractivity contribution in [2.24, 2.45) is 0 Å². The number of ether oxygens (including phenoxy) is 5. The summed E-state index contributed by atoms with van der Waals surface area (Å²) in [5.41, 5.74) is 0.784. The van der Waals surface area contributed by atoms with Gasteiger partial charge in [0.15, 0.2) is 18.3 Å². The molecular formula is C22H27NO9. The molecule has 0 aliphatic carbocycles. The number of rotatable bonds is 6. The predicted octanol–water partition coefficient (Wildman–Crippen LogP) is 1.59. The number of benzene rings is 1. The molecule has 2 aliphatic heterocycles. The van der Waals surface area contributed by atoms with Gasteiger partial charge in [-0.1, -0.05) is 30.3 Å². The van der Waals surface area contributed by atoms with E-state index < -0.39 is 54.5 Å². The Morgan fingerprint density at radius 1 is 0.844 bits per heavy atom. The van der Waals surface area contributed by atoms with E-state index in [1.54, 1.807) is 12.1 Å². The highest BCUT2D eigenvalue weighted by Gasteiger charge is 2.55. The number of esters is 3. The standard InChI is InChI=1S/C22H27NO9/c1-13(24)29-17-9-10-23-11-18(32-22(27)28-12-16-7-5-4-6-8-16)20(30-14(2)25)21(19(17)23)31-15(3)26/h4-8,17-21H,9-12H2,1-3H3/t17-,18-,19+,20+,21+/m0/s1. The quantitative estimate of drug-likeness (QED) is 0.468. The number of hydrogen-bond acceptors (Lipinski definition) is 10. The zero-order chi connectivity index (χ0) is 23.3. The minimum Gasteiger partial charge on any atom is -0.461 e. The van der Waals surface area contributed by atoms with E-state index >= 15 is 0 Å². The third-order valence-electron chi connectivity index (χ3n) is 5.31. The normalized spacial score (nSPS) is 27.0. The van der Waals surface area contributed by atoms with Crippen molar-refractivity contribution in [2.45, 2.75) is 64.3 Å². The molecule has 1 aromatic rings. The van der Waals surface area contributed by atoms with Crippen molar-refractivity contribution in [3.63, 3.8) is 0 Å². The van der Waals surface area contributed by atoms with Crippen molar-refractivity contribution in [3.8, 4) is 0 Å². The van der Waals surface area contributed by atoms with Crippen molar-refractivity contribution in [1.82, 2.24) is 4.90 Å². The molecule has 0 aromatic heterocycles. The molecule has 174 valence electrons. The van der Waals surface area contributed by atoms with E-state index in [9.17, 15) is 19.2 Å². The van der Waals surface area contributed by atoms with Gasteiger partial charge in [-0.2, -0.15) is 0 Å². The van der Waals surface area contributed by atoms with E-state index in [-0.39, 0.29) is 13.2 Å². The van der Waals surface area contributed by atoms with Gasteiger partial charge in [-0.05, 0) is 12.0 Å². The first kappa shape index (κ1) is 23.5. The summed E-state index contributed by atoms with van der Waals surface area (Å²) in [6.45, 7) is 4.46. The van der Waals surface area contributed by atoms with Crippen LogP contribution in [0.3, 0.4) is 0 Å². The molecule has 2 heterocycles. The van der Waals surface area contributed by atoms with E-state index in [2.05, 4.69) is 0 Å². The summed E-state index contributed by atoms with van der Waals surface area (Å²) in [5, 5.41) is 0. The fourth-order valence-electron chi connectivity index (χ4n) is 4.20. The van der Waals surface area contributed by atoms with Gasteiger partial charge in [0.05, 0.1) is 6.04 Å². The largest absolute Gasteiger partial charge is 0.509 e. The molecule has 0 saturated carbocycles. The minimum atomic E-state index is -1.09. The van der Waals surface area contributed by atoms with Crippen LogP contribution in [-0.4, -0.2) is 72.5 Å². The third kappa shape index (κ3) is 5.97. The molecule has 0 radical (unpaired) electrons. The molecule has 2 aliphatic rings. The van der Waals surface area contributed by atoms with Crippen LogP contribution in [0.5, 0.6) is 0 Å². The van der Waals surface area contributed by atoms with Gasteiger partial charge >= 0.3 is 24.1 Å². The Morgan fingerprint density at radius 2 is 1.47 bits per heavy atom. The van der Waals surface area contributed by atoms with Gasteiger partial charge in [0.25, 0.3) is 0 Å². The van der Waals surface area contributed by atoms with Gasteiger partial charge in [0.1, 0.15) is 12.7 Å². The molecule has 32 heavy (non-hydrogen) atoms. The number of carbonyl (C=O) groups excluding carboxylic acids is 4. The van der Waals surface area contributed by atoms with Gasteiger partial charge in [-0.3, -0.25) is 19.3 Å².